The van der Waals surface area contributed by atoms with Crippen molar-refractivity contribution in [1.29, 1.82) is 0 Å². The Kier molecular flexibility index (Phi) is 5.35. The van der Waals surface area contributed by atoms with Gasteiger partial charge in [0.15, 0.2) is 9.84 Å². The predicted molar refractivity (Wildman–Crippen MR) is 92.3 cm³/mol. The van der Waals surface area contributed by atoms with Crippen LogP contribution >= 0.6 is 0 Å². The number of sulfone groups is 1. The zero-order valence-electron chi connectivity index (χ0n) is 15.0. The second-order valence-corrected chi connectivity index (χ2v) is 8.29. The van der Waals surface area contributed by atoms with Crippen molar-refractivity contribution in [2.24, 2.45) is 0 Å². The largest absolute Gasteiger partial charge is 0.417 e. The van der Waals surface area contributed by atoms with Crippen LogP contribution in [0, 0.1) is 0 Å². The molecule has 6 nitrogen and oxygen atoms in total. The molecule has 0 amide bonds. The molecule has 3 heterocycles. The summed E-state index contributed by atoms with van der Waals surface area (Å²) in [5.74, 6) is -0.658. The summed E-state index contributed by atoms with van der Waals surface area (Å²) in [5, 5.41) is 0. The number of alkyl halides is 6. The molecule has 0 aliphatic heterocycles. The zero-order chi connectivity index (χ0) is 22.3. The Morgan fingerprint density at radius 3 is 2.23 bits per heavy atom. The van der Waals surface area contributed by atoms with E-state index >= 15 is 0 Å². The molecule has 0 saturated carbocycles. The Morgan fingerprint density at radius 1 is 0.967 bits per heavy atom. The standard InChI is InChI=1S/C17H12F6N4O2S/c1-2-30(28,29)13-5-11(17(21,22)23)7-25-15(13)12-8-27(9-26-12)14-6-10(3-4-24-14)16(18,19)20/h3-9H,2H2,1H3. The highest BCUT2D eigenvalue weighted by Crippen LogP contribution is 2.34. The van der Waals surface area contributed by atoms with E-state index in [-0.39, 0.29) is 17.2 Å². The van der Waals surface area contributed by atoms with Crippen molar-refractivity contribution in [3.63, 3.8) is 0 Å². The number of nitrogens with zero attached hydrogens (tertiary/aromatic N) is 4. The lowest BCUT2D eigenvalue weighted by molar-refractivity contribution is -0.138. The smallest absolute Gasteiger partial charge is 0.290 e. The highest BCUT2D eigenvalue weighted by atomic mass is 32.2. The van der Waals surface area contributed by atoms with E-state index < -0.39 is 44.0 Å². The van der Waals surface area contributed by atoms with Gasteiger partial charge in [0.25, 0.3) is 0 Å². The summed E-state index contributed by atoms with van der Waals surface area (Å²) in [5.41, 5.74) is -2.72. The molecule has 0 aliphatic rings. The lowest BCUT2D eigenvalue weighted by Crippen LogP contribution is -2.12. The fraction of sp³-hybridized carbons (Fsp3) is 0.235. The van der Waals surface area contributed by atoms with Gasteiger partial charge in [-0.3, -0.25) is 9.55 Å². The van der Waals surface area contributed by atoms with Gasteiger partial charge in [-0.15, -0.1) is 0 Å². The minimum absolute atomic E-state index is 0.144. The predicted octanol–water partition coefficient (Wildman–Crippen LogP) is 4.16. The van der Waals surface area contributed by atoms with E-state index in [9.17, 15) is 34.8 Å². The molecule has 3 aromatic rings. The quantitative estimate of drug-likeness (QED) is 0.558. The molecule has 0 aliphatic carbocycles. The molecule has 0 aromatic carbocycles. The van der Waals surface area contributed by atoms with Gasteiger partial charge >= 0.3 is 12.4 Å². The molecule has 0 fully saturated rings. The van der Waals surface area contributed by atoms with Crippen LogP contribution in [0.25, 0.3) is 17.2 Å². The Labute approximate surface area is 166 Å². The first-order valence-electron chi connectivity index (χ1n) is 8.21. The van der Waals surface area contributed by atoms with Crippen LogP contribution in [0.5, 0.6) is 0 Å². The topological polar surface area (TPSA) is 77.7 Å². The van der Waals surface area contributed by atoms with Crippen molar-refractivity contribution >= 4 is 9.84 Å². The van der Waals surface area contributed by atoms with E-state index in [1.165, 1.54) is 6.92 Å². The fourth-order valence-corrected chi connectivity index (χ4v) is 3.56. The number of rotatable bonds is 4. The van der Waals surface area contributed by atoms with Gasteiger partial charge in [-0.05, 0) is 18.2 Å². The lowest BCUT2D eigenvalue weighted by Gasteiger charge is -2.11. The van der Waals surface area contributed by atoms with Crippen molar-refractivity contribution in [2.45, 2.75) is 24.2 Å². The summed E-state index contributed by atoms with van der Waals surface area (Å²) < 4.78 is 103. The lowest BCUT2D eigenvalue weighted by atomic mass is 10.2. The van der Waals surface area contributed by atoms with Crippen molar-refractivity contribution < 1.29 is 34.8 Å². The second-order valence-electron chi connectivity index (χ2n) is 6.04. The Morgan fingerprint density at radius 2 is 1.63 bits per heavy atom. The van der Waals surface area contributed by atoms with E-state index in [2.05, 4.69) is 15.0 Å². The van der Waals surface area contributed by atoms with Gasteiger partial charge in [0.05, 0.1) is 21.8 Å². The third-order valence-electron chi connectivity index (χ3n) is 4.06. The van der Waals surface area contributed by atoms with Gasteiger partial charge in [-0.2, -0.15) is 26.3 Å². The van der Waals surface area contributed by atoms with Crippen molar-refractivity contribution in [1.82, 2.24) is 19.5 Å². The van der Waals surface area contributed by atoms with Crippen molar-refractivity contribution in [3.05, 3.63) is 54.2 Å². The van der Waals surface area contributed by atoms with E-state index in [0.29, 0.717) is 12.3 Å². The molecular formula is C17H12F6N4O2S. The molecule has 0 unspecified atom stereocenters. The number of hydrogen-bond acceptors (Lipinski definition) is 5. The first kappa shape index (κ1) is 21.7. The van der Waals surface area contributed by atoms with Crippen LogP contribution in [0.1, 0.15) is 18.1 Å². The van der Waals surface area contributed by atoms with E-state index in [1.807, 2.05) is 0 Å². The molecule has 0 N–H and O–H groups in total. The fourth-order valence-electron chi connectivity index (χ4n) is 2.49. The number of halogens is 6. The molecule has 0 bridgehead atoms. The third-order valence-corrected chi connectivity index (χ3v) is 5.80. The van der Waals surface area contributed by atoms with E-state index in [0.717, 1.165) is 35.4 Å². The average Bonchev–Trinajstić information content (AvgIpc) is 3.16. The summed E-state index contributed by atoms with van der Waals surface area (Å²) in [4.78, 5) is 10.6. The zero-order valence-corrected chi connectivity index (χ0v) is 15.8. The van der Waals surface area contributed by atoms with Gasteiger partial charge in [0.2, 0.25) is 0 Å². The van der Waals surface area contributed by atoms with Gasteiger partial charge < -0.3 is 0 Å². The highest BCUT2D eigenvalue weighted by molar-refractivity contribution is 7.91. The first-order valence-corrected chi connectivity index (χ1v) is 9.86. The molecule has 13 heteroatoms. The van der Waals surface area contributed by atoms with Crippen LogP contribution in [0.4, 0.5) is 26.3 Å². The SMILES string of the molecule is CCS(=O)(=O)c1cc(C(F)(F)F)cnc1-c1cn(-c2cc(C(F)(F)F)ccn2)cn1. The minimum Gasteiger partial charge on any atom is -0.290 e. The third kappa shape index (κ3) is 4.30. The molecule has 0 saturated heterocycles. The highest BCUT2D eigenvalue weighted by Gasteiger charge is 2.34. The summed E-state index contributed by atoms with van der Waals surface area (Å²) >= 11 is 0. The molecule has 30 heavy (non-hydrogen) atoms. The Balaban J connectivity index is 2.12. The Bertz CT molecular complexity index is 1190. The molecule has 3 rings (SSSR count). The van der Waals surface area contributed by atoms with Crippen LogP contribution in [0.2, 0.25) is 0 Å². The van der Waals surface area contributed by atoms with Gasteiger partial charge in [-0.1, -0.05) is 6.92 Å². The normalized spacial score (nSPS) is 12.9. The van der Waals surface area contributed by atoms with Crippen LogP contribution in [0.3, 0.4) is 0 Å². The van der Waals surface area contributed by atoms with Crippen LogP contribution < -0.4 is 0 Å². The molecule has 3 aromatic heterocycles. The maximum atomic E-state index is 13.0. The maximum absolute atomic E-state index is 13.0. The molecular weight excluding hydrogens is 438 g/mol. The summed E-state index contributed by atoms with van der Waals surface area (Å²) in [6, 6.07) is 1.97. The summed E-state index contributed by atoms with van der Waals surface area (Å²) in [6.45, 7) is 1.25. The first-order chi connectivity index (χ1) is 13.8. The maximum Gasteiger partial charge on any atom is 0.417 e. The molecule has 0 atom stereocenters. The number of aromatic nitrogens is 4. The molecule has 0 radical (unpaired) electrons. The minimum atomic E-state index is -4.81. The Hall–Kier alpha value is -2.96. The molecule has 160 valence electrons. The number of imidazole rings is 1. The average molecular weight is 450 g/mol. The van der Waals surface area contributed by atoms with E-state index in [4.69, 9.17) is 0 Å². The second kappa shape index (κ2) is 7.38. The van der Waals surface area contributed by atoms with Crippen LogP contribution in [-0.2, 0) is 22.2 Å². The number of hydrogen-bond donors (Lipinski definition) is 0. The van der Waals surface area contributed by atoms with E-state index in [1.54, 1.807) is 0 Å². The molecule has 0 spiro atoms. The van der Waals surface area contributed by atoms with Crippen LogP contribution in [-0.4, -0.2) is 33.7 Å². The van der Waals surface area contributed by atoms with Gasteiger partial charge in [0, 0.05) is 18.6 Å². The van der Waals surface area contributed by atoms with Crippen molar-refractivity contribution in [3.8, 4) is 17.2 Å². The summed E-state index contributed by atoms with van der Waals surface area (Å²) in [7, 11) is -4.12. The van der Waals surface area contributed by atoms with Gasteiger partial charge in [0.1, 0.15) is 23.5 Å². The number of pyridine rings is 2. The van der Waals surface area contributed by atoms with Crippen molar-refractivity contribution in [2.75, 3.05) is 5.75 Å². The monoisotopic (exact) mass is 450 g/mol. The van der Waals surface area contributed by atoms with Gasteiger partial charge in [-0.25, -0.2) is 18.4 Å². The summed E-state index contributed by atoms with van der Waals surface area (Å²) in [6.07, 6.45) is -5.84. The van der Waals surface area contributed by atoms with Crippen LogP contribution in [0.15, 0.2) is 48.0 Å².